The van der Waals surface area contributed by atoms with Crippen molar-refractivity contribution in [1.29, 1.82) is 0 Å². The van der Waals surface area contributed by atoms with Gasteiger partial charge in [-0.25, -0.2) is 8.42 Å². The minimum Gasteiger partial charge on any atom is -0.207 e. The number of sulfonamides is 1. The van der Waals surface area contributed by atoms with E-state index in [0.717, 1.165) is 4.47 Å². The van der Waals surface area contributed by atoms with E-state index in [1.165, 1.54) is 0 Å². The van der Waals surface area contributed by atoms with E-state index in [1.807, 2.05) is 33.8 Å². The lowest BCUT2D eigenvalue weighted by molar-refractivity contribution is 0.333. The molecule has 0 saturated carbocycles. The van der Waals surface area contributed by atoms with Gasteiger partial charge >= 0.3 is 0 Å². The Morgan fingerprint density at radius 3 is 2.05 bits per heavy atom. The first-order valence-corrected chi connectivity index (χ1v) is 8.72. The molecule has 0 aliphatic heterocycles. The SMILES string of the molecule is CC(C)CN(CC(C)C)S(=O)(=O)c1cccc(Br)c1. The molecule has 0 atom stereocenters. The highest BCUT2D eigenvalue weighted by Gasteiger charge is 2.25. The number of hydrogen-bond donors (Lipinski definition) is 0. The molecule has 0 N–H and O–H groups in total. The summed E-state index contributed by atoms with van der Waals surface area (Å²) in [6.07, 6.45) is 0. The minimum absolute atomic E-state index is 0.306. The summed E-state index contributed by atoms with van der Waals surface area (Å²) in [5, 5.41) is 0. The van der Waals surface area contributed by atoms with Crippen LogP contribution in [0.3, 0.4) is 0 Å². The predicted octanol–water partition coefficient (Wildman–Crippen LogP) is 3.75. The molecule has 0 heterocycles. The molecule has 0 spiro atoms. The average Bonchev–Trinajstić information content (AvgIpc) is 2.26. The van der Waals surface area contributed by atoms with Crippen LogP contribution in [0.1, 0.15) is 27.7 Å². The van der Waals surface area contributed by atoms with Crippen molar-refractivity contribution in [3.63, 3.8) is 0 Å². The highest BCUT2D eigenvalue weighted by molar-refractivity contribution is 9.10. The van der Waals surface area contributed by atoms with Gasteiger partial charge in [-0.2, -0.15) is 4.31 Å². The monoisotopic (exact) mass is 347 g/mol. The van der Waals surface area contributed by atoms with Crippen LogP contribution in [0.25, 0.3) is 0 Å². The topological polar surface area (TPSA) is 37.4 Å². The Morgan fingerprint density at radius 1 is 1.11 bits per heavy atom. The Labute approximate surface area is 125 Å². The first-order valence-electron chi connectivity index (χ1n) is 6.49. The summed E-state index contributed by atoms with van der Waals surface area (Å²) >= 11 is 3.32. The molecule has 0 aromatic heterocycles. The Morgan fingerprint density at radius 2 is 1.63 bits per heavy atom. The maximum Gasteiger partial charge on any atom is 0.243 e. The third-order valence-electron chi connectivity index (χ3n) is 2.57. The molecule has 0 aliphatic rings. The van der Waals surface area contributed by atoms with E-state index in [9.17, 15) is 8.42 Å². The van der Waals surface area contributed by atoms with E-state index < -0.39 is 10.0 Å². The van der Waals surface area contributed by atoms with Crippen LogP contribution in [0, 0.1) is 11.8 Å². The molecule has 1 aromatic carbocycles. The van der Waals surface area contributed by atoms with Gasteiger partial charge in [0.2, 0.25) is 10.0 Å². The second-order valence-electron chi connectivity index (χ2n) is 5.57. The standard InChI is InChI=1S/C14H22BrNO2S/c1-11(2)9-16(10-12(3)4)19(17,18)14-7-5-6-13(15)8-14/h5-8,11-12H,9-10H2,1-4H3. The molecule has 19 heavy (non-hydrogen) atoms. The molecule has 0 unspecified atom stereocenters. The number of benzene rings is 1. The predicted molar refractivity (Wildman–Crippen MR) is 82.6 cm³/mol. The van der Waals surface area contributed by atoms with E-state index >= 15 is 0 Å². The molecule has 1 aromatic rings. The highest BCUT2D eigenvalue weighted by atomic mass is 79.9. The van der Waals surface area contributed by atoms with Crippen molar-refractivity contribution in [2.24, 2.45) is 11.8 Å². The van der Waals surface area contributed by atoms with Crippen molar-refractivity contribution < 1.29 is 8.42 Å². The zero-order valence-electron chi connectivity index (χ0n) is 11.9. The van der Waals surface area contributed by atoms with Gasteiger partial charge in [-0.3, -0.25) is 0 Å². The second-order valence-corrected chi connectivity index (χ2v) is 8.42. The normalized spacial score (nSPS) is 12.6. The molecular formula is C14H22BrNO2S. The van der Waals surface area contributed by atoms with E-state index in [4.69, 9.17) is 0 Å². The van der Waals surface area contributed by atoms with Crippen LogP contribution in [0.4, 0.5) is 0 Å². The molecule has 0 saturated heterocycles. The summed E-state index contributed by atoms with van der Waals surface area (Å²) < 4.78 is 27.7. The number of hydrogen-bond acceptors (Lipinski definition) is 2. The molecule has 0 amide bonds. The first kappa shape index (κ1) is 16.7. The van der Waals surface area contributed by atoms with Crippen LogP contribution in [-0.4, -0.2) is 25.8 Å². The Balaban J connectivity index is 3.11. The summed E-state index contributed by atoms with van der Waals surface area (Å²) in [6, 6.07) is 6.88. The van der Waals surface area contributed by atoms with Crippen molar-refractivity contribution in [1.82, 2.24) is 4.31 Å². The Bertz CT molecular complexity index is 502. The molecule has 0 bridgehead atoms. The summed E-state index contributed by atoms with van der Waals surface area (Å²) in [5.41, 5.74) is 0. The smallest absolute Gasteiger partial charge is 0.207 e. The lowest BCUT2D eigenvalue weighted by Crippen LogP contribution is -2.37. The number of nitrogens with zero attached hydrogens (tertiary/aromatic N) is 1. The molecule has 108 valence electrons. The van der Waals surface area contributed by atoms with Crippen molar-refractivity contribution in [2.45, 2.75) is 32.6 Å². The van der Waals surface area contributed by atoms with Crippen molar-refractivity contribution in [3.8, 4) is 0 Å². The zero-order chi connectivity index (χ0) is 14.6. The van der Waals surface area contributed by atoms with Crippen molar-refractivity contribution >= 4 is 26.0 Å². The van der Waals surface area contributed by atoms with Gasteiger partial charge in [0.05, 0.1) is 4.90 Å². The second kappa shape index (κ2) is 6.86. The molecule has 5 heteroatoms. The lowest BCUT2D eigenvalue weighted by atomic mass is 10.2. The molecule has 3 nitrogen and oxygen atoms in total. The van der Waals surface area contributed by atoms with Crippen molar-refractivity contribution in [3.05, 3.63) is 28.7 Å². The van der Waals surface area contributed by atoms with Gasteiger partial charge in [-0.1, -0.05) is 49.7 Å². The maximum atomic E-state index is 12.7. The van der Waals surface area contributed by atoms with E-state index in [0.29, 0.717) is 29.8 Å². The summed E-state index contributed by atoms with van der Waals surface area (Å²) in [7, 11) is -3.41. The van der Waals surface area contributed by atoms with Gasteiger partial charge in [0.25, 0.3) is 0 Å². The summed E-state index contributed by atoms with van der Waals surface area (Å²) in [6.45, 7) is 9.22. The summed E-state index contributed by atoms with van der Waals surface area (Å²) in [5.74, 6) is 0.612. The largest absolute Gasteiger partial charge is 0.243 e. The molecule has 0 aliphatic carbocycles. The fraction of sp³-hybridized carbons (Fsp3) is 0.571. The van der Waals surface area contributed by atoms with Gasteiger partial charge < -0.3 is 0 Å². The van der Waals surface area contributed by atoms with Crippen LogP contribution in [0.15, 0.2) is 33.6 Å². The van der Waals surface area contributed by atoms with Crippen LogP contribution in [-0.2, 0) is 10.0 Å². The fourth-order valence-electron chi connectivity index (χ4n) is 1.86. The third kappa shape index (κ3) is 4.89. The van der Waals surface area contributed by atoms with E-state index in [2.05, 4.69) is 15.9 Å². The average molecular weight is 348 g/mol. The van der Waals surface area contributed by atoms with Crippen molar-refractivity contribution in [2.75, 3.05) is 13.1 Å². The van der Waals surface area contributed by atoms with Gasteiger partial charge in [0.1, 0.15) is 0 Å². The van der Waals surface area contributed by atoms with Gasteiger partial charge in [0.15, 0.2) is 0 Å². The number of rotatable bonds is 6. The Hall–Kier alpha value is -0.390. The zero-order valence-corrected chi connectivity index (χ0v) is 14.3. The van der Waals surface area contributed by atoms with Gasteiger partial charge in [0, 0.05) is 17.6 Å². The summed E-state index contributed by atoms with van der Waals surface area (Å²) in [4.78, 5) is 0.350. The number of halogens is 1. The van der Waals surface area contributed by atoms with Crippen LogP contribution in [0.5, 0.6) is 0 Å². The molecular weight excluding hydrogens is 326 g/mol. The third-order valence-corrected chi connectivity index (χ3v) is 4.89. The minimum atomic E-state index is -3.41. The van der Waals surface area contributed by atoms with E-state index in [1.54, 1.807) is 22.5 Å². The first-order chi connectivity index (χ1) is 8.73. The Kier molecular flexibility index (Phi) is 6.02. The molecule has 0 radical (unpaired) electrons. The van der Waals surface area contributed by atoms with Crippen LogP contribution in [0.2, 0.25) is 0 Å². The van der Waals surface area contributed by atoms with Crippen LogP contribution >= 0.6 is 15.9 Å². The van der Waals surface area contributed by atoms with E-state index in [-0.39, 0.29) is 0 Å². The molecule has 0 fully saturated rings. The maximum absolute atomic E-state index is 12.7. The van der Waals surface area contributed by atoms with Gasteiger partial charge in [-0.05, 0) is 30.0 Å². The highest BCUT2D eigenvalue weighted by Crippen LogP contribution is 2.21. The lowest BCUT2D eigenvalue weighted by Gasteiger charge is -2.25. The quantitative estimate of drug-likeness (QED) is 0.785. The van der Waals surface area contributed by atoms with Gasteiger partial charge in [-0.15, -0.1) is 0 Å². The van der Waals surface area contributed by atoms with Crippen LogP contribution < -0.4 is 0 Å². The molecule has 1 rings (SSSR count). The fourth-order valence-corrected chi connectivity index (χ4v) is 4.23.